The predicted octanol–water partition coefficient (Wildman–Crippen LogP) is 4.52. The molecule has 0 bridgehead atoms. The first-order valence-electron chi connectivity index (χ1n) is 6.25. The molecule has 0 saturated heterocycles. The van der Waals surface area contributed by atoms with Crippen molar-refractivity contribution in [1.29, 1.82) is 0 Å². The molecule has 0 amide bonds. The van der Waals surface area contributed by atoms with Crippen LogP contribution in [-0.2, 0) is 9.53 Å². The number of benzene rings is 1. The monoisotopic (exact) mass is 360 g/mol. The van der Waals surface area contributed by atoms with Gasteiger partial charge in [0.05, 0.1) is 0 Å². The average molecular weight is 360 g/mol. The fraction of sp³-hybridized carbons (Fsp3) is 0.533. The summed E-state index contributed by atoms with van der Waals surface area (Å²) in [4.78, 5) is 11.6. The summed E-state index contributed by atoms with van der Waals surface area (Å²) in [7, 11) is 0. The minimum Gasteiger partial charge on any atom is -0.460 e. The van der Waals surface area contributed by atoms with E-state index in [0.29, 0.717) is 12.3 Å². The summed E-state index contributed by atoms with van der Waals surface area (Å²) < 4.78 is 6.54. The minimum atomic E-state index is -0.386. The molecule has 1 rings (SSSR count). The Morgan fingerprint density at radius 3 is 2.33 bits per heavy atom. The van der Waals surface area contributed by atoms with E-state index in [-0.39, 0.29) is 11.6 Å². The molecule has 0 N–H and O–H groups in total. The van der Waals surface area contributed by atoms with Crippen LogP contribution in [0.25, 0.3) is 0 Å². The van der Waals surface area contributed by atoms with Gasteiger partial charge in [-0.15, -0.1) is 0 Å². The highest BCUT2D eigenvalue weighted by molar-refractivity contribution is 14.1. The molecule has 18 heavy (non-hydrogen) atoms. The maximum Gasteiger partial charge on any atom is 0.306 e. The lowest BCUT2D eigenvalue weighted by Crippen LogP contribution is -2.23. The fourth-order valence-corrected chi connectivity index (χ4v) is 2.04. The van der Waals surface area contributed by atoms with Gasteiger partial charge in [0.25, 0.3) is 0 Å². The lowest BCUT2D eigenvalue weighted by Gasteiger charge is -2.20. The molecular weight excluding hydrogens is 339 g/mol. The van der Waals surface area contributed by atoms with Crippen LogP contribution in [0.15, 0.2) is 24.3 Å². The Labute approximate surface area is 123 Å². The van der Waals surface area contributed by atoms with Crippen LogP contribution in [0.3, 0.4) is 0 Å². The standard InChI is InChI=1S/C15H21IO2/c1-11(12-6-8-13(16)9-7-12)5-10-14(17)18-15(2,3)4/h6-9,11H,5,10H2,1-4H3. The van der Waals surface area contributed by atoms with E-state index in [1.165, 1.54) is 9.13 Å². The summed E-state index contributed by atoms with van der Waals surface area (Å²) >= 11 is 2.29. The van der Waals surface area contributed by atoms with Crippen molar-refractivity contribution in [2.45, 2.75) is 52.1 Å². The quantitative estimate of drug-likeness (QED) is 0.583. The number of carbonyl (C=O) groups is 1. The normalized spacial score (nSPS) is 13.2. The lowest BCUT2D eigenvalue weighted by molar-refractivity contribution is -0.155. The topological polar surface area (TPSA) is 26.3 Å². The van der Waals surface area contributed by atoms with E-state index in [0.717, 1.165) is 6.42 Å². The highest BCUT2D eigenvalue weighted by Crippen LogP contribution is 2.22. The predicted molar refractivity (Wildman–Crippen MR) is 82.7 cm³/mol. The van der Waals surface area contributed by atoms with E-state index in [9.17, 15) is 4.79 Å². The van der Waals surface area contributed by atoms with Gasteiger partial charge in [-0.2, -0.15) is 0 Å². The Morgan fingerprint density at radius 1 is 1.28 bits per heavy atom. The SMILES string of the molecule is CC(CCC(=O)OC(C)(C)C)c1ccc(I)cc1. The number of halogens is 1. The maximum absolute atomic E-state index is 11.6. The molecule has 1 aromatic rings. The molecule has 0 saturated carbocycles. The average Bonchev–Trinajstić information content (AvgIpc) is 2.24. The van der Waals surface area contributed by atoms with E-state index in [1.54, 1.807) is 0 Å². The molecule has 0 radical (unpaired) electrons. The number of carbonyl (C=O) groups excluding carboxylic acids is 1. The van der Waals surface area contributed by atoms with Gasteiger partial charge in [-0.05, 0) is 73.4 Å². The summed E-state index contributed by atoms with van der Waals surface area (Å²) in [6.07, 6.45) is 1.31. The van der Waals surface area contributed by atoms with Gasteiger partial charge in [-0.3, -0.25) is 4.79 Å². The highest BCUT2D eigenvalue weighted by Gasteiger charge is 2.17. The second-order valence-electron chi connectivity index (χ2n) is 5.58. The van der Waals surface area contributed by atoms with Crippen molar-refractivity contribution in [1.82, 2.24) is 0 Å². The van der Waals surface area contributed by atoms with E-state index in [2.05, 4.69) is 53.8 Å². The van der Waals surface area contributed by atoms with E-state index < -0.39 is 0 Å². The van der Waals surface area contributed by atoms with Gasteiger partial charge >= 0.3 is 5.97 Å². The van der Waals surface area contributed by atoms with Crippen LogP contribution in [0, 0.1) is 3.57 Å². The molecule has 1 atom stereocenters. The molecule has 0 aliphatic rings. The maximum atomic E-state index is 11.6. The van der Waals surface area contributed by atoms with Crippen LogP contribution in [0.5, 0.6) is 0 Å². The molecule has 1 unspecified atom stereocenters. The van der Waals surface area contributed by atoms with Crippen molar-refractivity contribution in [2.75, 3.05) is 0 Å². The number of esters is 1. The first kappa shape index (κ1) is 15.5. The number of hydrogen-bond acceptors (Lipinski definition) is 2. The molecule has 0 aromatic heterocycles. The van der Waals surface area contributed by atoms with Crippen LogP contribution in [0.2, 0.25) is 0 Å². The fourth-order valence-electron chi connectivity index (χ4n) is 1.68. The van der Waals surface area contributed by atoms with E-state index in [1.807, 2.05) is 20.8 Å². The van der Waals surface area contributed by atoms with Crippen molar-refractivity contribution < 1.29 is 9.53 Å². The molecule has 1 aromatic carbocycles. The van der Waals surface area contributed by atoms with Crippen molar-refractivity contribution in [3.8, 4) is 0 Å². The molecule has 0 fully saturated rings. The van der Waals surface area contributed by atoms with E-state index >= 15 is 0 Å². The molecule has 0 aliphatic carbocycles. The largest absolute Gasteiger partial charge is 0.460 e. The first-order valence-corrected chi connectivity index (χ1v) is 7.33. The van der Waals surface area contributed by atoms with Gasteiger partial charge in [-0.1, -0.05) is 19.1 Å². The Balaban J connectivity index is 2.44. The van der Waals surface area contributed by atoms with Crippen molar-refractivity contribution in [3.63, 3.8) is 0 Å². The molecular formula is C15H21IO2. The Morgan fingerprint density at radius 2 is 1.83 bits per heavy atom. The Kier molecular flexibility index (Phi) is 5.63. The molecule has 3 heteroatoms. The Hall–Kier alpha value is -0.580. The summed E-state index contributed by atoms with van der Waals surface area (Å²) in [6, 6.07) is 8.45. The van der Waals surface area contributed by atoms with Crippen molar-refractivity contribution in [3.05, 3.63) is 33.4 Å². The van der Waals surface area contributed by atoms with Crippen molar-refractivity contribution >= 4 is 28.6 Å². The molecule has 100 valence electrons. The summed E-state index contributed by atoms with van der Waals surface area (Å²) in [5, 5.41) is 0. The van der Waals surface area contributed by atoms with Crippen molar-refractivity contribution in [2.24, 2.45) is 0 Å². The van der Waals surface area contributed by atoms with Crippen LogP contribution < -0.4 is 0 Å². The lowest BCUT2D eigenvalue weighted by atomic mass is 9.96. The Bertz CT molecular complexity index is 390. The zero-order valence-electron chi connectivity index (χ0n) is 11.5. The zero-order chi connectivity index (χ0) is 13.8. The third kappa shape index (κ3) is 5.85. The van der Waals surface area contributed by atoms with Gasteiger partial charge < -0.3 is 4.74 Å². The third-order valence-electron chi connectivity index (χ3n) is 2.64. The van der Waals surface area contributed by atoms with Gasteiger partial charge in [-0.25, -0.2) is 0 Å². The second kappa shape index (κ2) is 6.55. The molecule has 0 heterocycles. The van der Waals surface area contributed by atoms with Crippen LogP contribution in [-0.4, -0.2) is 11.6 Å². The van der Waals surface area contributed by atoms with Crippen LogP contribution >= 0.6 is 22.6 Å². The summed E-state index contributed by atoms with van der Waals surface area (Å²) in [5.41, 5.74) is 0.891. The third-order valence-corrected chi connectivity index (χ3v) is 3.36. The van der Waals surface area contributed by atoms with Gasteiger partial charge in [0.1, 0.15) is 5.60 Å². The van der Waals surface area contributed by atoms with Crippen LogP contribution in [0.1, 0.15) is 52.0 Å². The van der Waals surface area contributed by atoms with Gasteiger partial charge in [0.2, 0.25) is 0 Å². The molecule has 0 spiro atoms. The number of hydrogen-bond donors (Lipinski definition) is 0. The smallest absolute Gasteiger partial charge is 0.306 e. The summed E-state index contributed by atoms with van der Waals surface area (Å²) in [5.74, 6) is 0.273. The van der Waals surface area contributed by atoms with Crippen LogP contribution in [0.4, 0.5) is 0 Å². The molecule has 0 aliphatic heterocycles. The second-order valence-corrected chi connectivity index (χ2v) is 6.82. The number of rotatable bonds is 4. The van der Waals surface area contributed by atoms with E-state index in [4.69, 9.17) is 4.74 Å². The minimum absolute atomic E-state index is 0.111. The zero-order valence-corrected chi connectivity index (χ0v) is 13.7. The van der Waals surface area contributed by atoms with Gasteiger partial charge in [0.15, 0.2) is 0 Å². The molecule has 2 nitrogen and oxygen atoms in total. The van der Waals surface area contributed by atoms with Gasteiger partial charge in [0, 0.05) is 9.99 Å². The highest BCUT2D eigenvalue weighted by atomic mass is 127. The number of ether oxygens (including phenoxy) is 1. The summed E-state index contributed by atoms with van der Waals surface area (Å²) in [6.45, 7) is 7.83. The first-order chi connectivity index (χ1) is 8.28.